The summed E-state index contributed by atoms with van der Waals surface area (Å²) in [5.41, 5.74) is 0.215. The van der Waals surface area contributed by atoms with Crippen LogP contribution in [0, 0.1) is 11.7 Å². The summed E-state index contributed by atoms with van der Waals surface area (Å²) < 4.78 is 40.0. The van der Waals surface area contributed by atoms with E-state index >= 15 is 0 Å². The molecule has 1 aliphatic rings. The fourth-order valence-corrected chi connectivity index (χ4v) is 3.09. The molecule has 0 bridgehead atoms. The van der Waals surface area contributed by atoms with Gasteiger partial charge in [-0.1, -0.05) is 13.8 Å². The van der Waals surface area contributed by atoms with Crippen LogP contribution in [0.5, 0.6) is 0 Å². The maximum atomic E-state index is 13.7. The lowest BCUT2D eigenvalue weighted by molar-refractivity contribution is 0.0939. The number of carbonyl (C=O) groups excluding carboxylic acids is 1. The zero-order valence-electron chi connectivity index (χ0n) is 10.8. The van der Waals surface area contributed by atoms with E-state index in [1.807, 2.05) is 0 Å². The first kappa shape index (κ1) is 14.1. The fraction of sp³-hybridized carbons (Fsp3) is 0.462. The van der Waals surface area contributed by atoms with Gasteiger partial charge in [-0.05, 0) is 31.0 Å². The Hall–Kier alpha value is -1.27. The zero-order chi connectivity index (χ0) is 14.2. The Morgan fingerprint density at radius 3 is 2.53 bits per heavy atom. The summed E-state index contributed by atoms with van der Waals surface area (Å²) in [6.07, 6.45) is 1.54. The summed E-state index contributed by atoms with van der Waals surface area (Å²) in [5, 5.41) is 0. The second kappa shape index (κ2) is 5.02. The first-order chi connectivity index (χ1) is 8.81. The Balaban J connectivity index is 2.39. The molecule has 0 unspecified atom stereocenters. The second-order valence-electron chi connectivity index (χ2n) is 5.06. The highest BCUT2D eigenvalue weighted by Gasteiger charge is 2.30. The van der Waals surface area contributed by atoms with Crippen molar-refractivity contribution in [2.75, 3.05) is 0 Å². The van der Waals surface area contributed by atoms with Crippen LogP contribution in [0.4, 0.5) is 4.39 Å². The molecule has 104 valence electrons. The highest BCUT2D eigenvalue weighted by atomic mass is 32.2. The Morgan fingerprint density at radius 1 is 1.37 bits per heavy atom. The quantitative estimate of drug-likeness (QED) is 0.843. The Bertz CT molecular complexity index is 606. The highest BCUT2D eigenvalue weighted by molar-refractivity contribution is 7.89. The minimum absolute atomic E-state index is 0.103. The third-order valence-corrected chi connectivity index (χ3v) is 4.46. The van der Waals surface area contributed by atoms with Gasteiger partial charge in [0.05, 0.1) is 0 Å². The van der Waals surface area contributed by atoms with Gasteiger partial charge >= 0.3 is 0 Å². The average Bonchev–Trinajstić information content (AvgIpc) is 3.11. The monoisotopic (exact) mass is 285 g/mol. The van der Waals surface area contributed by atoms with E-state index < -0.39 is 20.7 Å². The van der Waals surface area contributed by atoms with Crippen molar-refractivity contribution in [1.82, 2.24) is 4.72 Å². The molecule has 0 aliphatic heterocycles. The molecule has 4 nitrogen and oxygen atoms in total. The molecule has 1 saturated carbocycles. The molecule has 1 N–H and O–H groups in total. The number of ketones is 1. The van der Waals surface area contributed by atoms with Crippen molar-refractivity contribution in [3.63, 3.8) is 0 Å². The van der Waals surface area contributed by atoms with Crippen LogP contribution in [0.3, 0.4) is 0 Å². The Kier molecular flexibility index (Phi) is 3.73. The molecule has 1 aromatic rings. The molecule has 2 rings (SSSR count). The van der Waals surface area contributed by atoms with E-state index in [0.29, 0.717) is 0 Å². The molecular weight excluding hydrogens is 269 g/mol. The molecule has 0 saturated heterocycles. The van der Waals surface area contributed by atoms with Gasteiger partial charge in [0.1, 0.15) is 10.7 Å². The van der Waals surface area contributed by atoms with Gasteiger partial charge in [-0.15, -0.1) is 0 Å². The van der Waals surface area contributed by atoms with Crippen LogP contribution in [0.15, 0.2) is 23.1 Å². The first-order valence-corrected chi connectivity index (χ1v) is 7.65. The molecular formula is C13H16FNO3S. The molecule has 1 aromatic carbocycles. The van der Waals surface area contributed by atoms with Gasteiger partial charge in [0, 0.05) is 17.5 Å². The van der Waals surface area contributed by atoms with Crippen LogP contribution in [0.2, 0.25) is 0 Å². The van der Waals surface area contributed by atoms with Crippen LogP contribution in [0.25, 0.3) is 0 Å². The van der Waals surface area contributed by atoms with Crippen molar-refractivity contribution in [2.45, 2.75) is 37.6 Å². The van der Waals surface area contributed by atoms with Gasteiger partial charge in [0.15, 0.2) is 5.78 Å². The Morgan fingerprint density at radius 2 is 2.00 bits per heavy atom. The summed E-state index contributed by atoms with van der Waals surface area (Å²) in [7, 11) is -3.89. The van der Waals surface area contributed by atoms with Crippen molar-refractivity contribution < 1.29 is 17.6 Å². The van der Waals surface area contributed by atoms with Crippen LogP contribution in [0.1, 0.15) is 37.0 Å². The van der Waals surface area contributed by atoms with Crippen LogP contribution in [-0.2, 0) is 10.0 Å². The average molecular weight is 285 g/mol. The largest absolute Gasteiger partial charge is 0.294 e. The van der Waals surface area contributed by atoms with Gasteiger partial charge < -0.3 is 0 Å². The van der Waals surface area contributed by atoms with E-state index in [1.54, 1.807) is 13.8 Å². The van der Waals surface area contributed by atoms with E-state index in [2.05, 4.69) is 4.72 Å². The van der Waals surface area contributed by atoms with Gasteiger partial charge in [-0.3, -0.25) is 4.79 Å². The van der Waals surface area contributed by atoms with E-state index in [1.165, 1.54) is 6.07 Å². The molecule has 0 aromatic heterocycles. The molecule has 0 spiro atoms. The van der Waals surface area contributed by atoms with Crippen molar-refractivity contribution in [2.24, 2.45) is 5.92 Å². The predicted octanol–water partition coefficient (Wildman–Crippen LogP) is 2.11. The lowest BCUT2D eigenvalue weighted by Gasteiger charge is -2.09. The molecule has 6 heteroatoms. The third kappa shape index (κ3) is 3.19. The standard InChI is InChI=1S/C13H16FNO3S/c1-8(2)13(16)9-3-6-11(14)12(7-9)19(17,18)15-10-4-5-10/h3,6-8,10,15H,4-5H2,1-2H3. The summed E-state index contributed by atoms with van der Waals surface area (Å²) in [6.45, 7) is 3.42. The number of hydrogen-bond acceptors (Lipinski definition) is 3. The van der Waals surface area contributed by atoms with Crippen molar-refractivity contribution >= 4 is 15.8 Å². The van der Waals surface area contributed by atoms with E-state index in [4.69, 9.17) is 0 Å². The number of rotatable bonds is 5. The fourth-order valence-electron chi connectivity index (χ4n) is 1.68. The van der Waals surface area contributed by atoms with Gasteiger partial charge in [-0.25, -0.2) is 17.5 Å². The van der Waals surface area contributed by atoms with Gasteiger partial charge in [-0.2, -0.15) is 0 Å². The summed E-state index contributed by atoms with van der Waals surface area (Å²) in [5.74, 6) is -1.31. The zero-order valence-corrected chi connectivity index (χ0v) is 11.6. The number of halogens is 1. The van der Waals surface area contributed by atoms with Gasteiger partial charge in [0.2, 0.25) is 10.0 Å². The topological polar surface area (TPSA) is 63.2 Å². The van der Waals surface area contributed by atoms with Crippen LogP contribution in [-0.4, -0.2) is 20.2 Å². The third-order valence-electron chi connectivity index (χ3n) is 2.93. The van der Waals surface area contributed by atoms with Crippen LogP contribution < -0.4 is 4.72 Å². The van der Waals surface area contributed by atoms with Crippen molar-refractivity contribution in [3.05, 3.63) is 29.6 Å². The highest BCUT2D eigenvalue weighted by Crippen LogP contribution is 2.24. The lowest BCUT2D eigenvalue weighted by Crippen LogP contribution is -2.27. The molecule has 0 radical (unpaired) electrons. The van der Waals surface area contributed by atoms with Crippen LogP contribution >= 0.6 is 0 Å². The summed E-state index contributed by atoms with van der Waals surface area (Å²) in [6, 6.07) is 3.35. The second-order valence-corrected chi connectivity index (χ2v) is 6.74. The Labute approximate surface area is 112 Å². The summed E-state index contributed by atoms with van der Waals surface area (Å²) >= 11 is 0. The van der Waals surface area contributed by atoms with E-state index in [-0.39, 0.29) is 23.3 Å². The lowest BCUT2D eigenvalue weighted by atomic mass is 10.0. The minimum Gasteiger partial charge on any atom is -0.294 e. The van der Waals surface area contributed by atoms with E-state index in [0.717, 1.165) is 25.0 Å². The minimum atomic E-state index is -3.89. The first-order valence-electron chi connectivity index (χ1n) is 6.17. The number of hydrogen-bond donors (Lipinski definition) is 1. The predicted molar refractivity (Wildman–Crippen MR) is 68.9 cm³/mol. The normalized spacial score (nSPS) is 15.8. The molecule has 0 atom stereocenters. The molecule has 1 fully saturated rings. The van der Waals surface area contributed by atoms with E-state index in [9.17, 15) is 17.6 Å². The molecule has 0 heterocycles. The number of sulfonamides is 1. The van der Waals surface area contributed by atoms with Crippen molar-refractivity contribution in [3.8, 4) is 0 Å². The maximum Gasteiger partial charge on any atom is 0.243 e. The smallest absolute Gasteiger partial charge is 0.243 e. The summed E-state index contributed by atoms with van der Waals surface area (Å²) in [4.78, 5) is 11.4. The molecule has 0 amide bonds. The SMILES string of the molecule is CC(C)C(=O)c1ccc(F)c(S(=O)(=O)NC2CC2)c1. The number of benzene rings is 1. The van der Waals surface area contributed by atoms with Crippen molar-refractivity contribution in [1.29, 1.82) is 0 Å². The maximum absolute atomic E-state index is 13.7. The molecule has 19 heavy (non-hydrogen) atoms. The molecule has 1 aliphatic carbocycles. The number of nitrogens with one attached hydrogen (secondary N) is 1. The number of carbonyl (C=O) groups is 1. The number of Topliss-reactive ketones (excluding diaryl/α,β-unsaturated/α-hetero) is 1. The van der Waals surface area contributed by atoms with Gasteiger partial charge in [0.25, 0.3) is 0 Å².